The van der Waals surface area contributed by atoms with Crippen LogP contribution in [0.15, 0.2) is 18.5 Å². The van der Waals surface area contributed by atoms with Gasteiger partial charge in [0.1, 0.15) is 5.82 Å². The molecule has 0 aliphatic carbocycles. The van der Waals surface area contributed by atoms with Gasteiger partial charge in [-0.25, -0.2) is 4.98 Å². The third-order valence-corrected chi connectivity index (χ3v) is 4.41. The summed E-state index contributed by atoms with van der Waals surface area (Å²) in [5, 5.41) is 4.22. The van der Waals surface area contributed by atoms with Crippen LogP contribution in [0.4, 0.5) is 0 Å². The van der Waals surface area contributed by atoms with E-state index in [9.17, 15) is 4.79 Å². The van der Waals surface area contributed by atoms with Crippen molar-refractivity contribution in [3.63, 3.8) is 0 Å². The summed E-state index contributed by atoms with van der Waals surface area (Å²) in [6.07, 6.45) is 5.32. The lowest BCUT2D eigenvalue weighted by Gasteiger charge is -2.17. The molecule has 118 valence electrons. The van der Waals surface area contributed by atoms with Crippen LogP contribution in [0.25, 0.3) is 0 Å². The zero-order valence-electron chi connectivity index (χ0n) is 13.5. The maximum absolute atomic E-state index is 12.4. The first-order chi connectivity index (χ1) is 10.5. The van der Waals surface area contributed by atoms with Crippen LogP contribution in [0, 0.1) is 13.8 Å². The molecule has 1 aliphatic heterocycles. The van der Waals surface area contributed by atoms with Gasteiger partial charge in [-0.1, -0.05) is 0 Å². The van der Waals surface area contributed by atoms with Gasteiger partial charge in [0, 0.05) is 57.1 Å². The lowest BCUT2D eigenvalue weighted by atomic mass is 10.1. The Labute approximate surface area is 130 Å². The van der Waals surface area contributed by atoms with Crippen LogP contribution >= 0.6 is 0 Å². The Kier molecular flexibility index (Phi) is 4.00. The standard InChI is InChI=1S/C16H23N5O/c1-12-10-19(3)16(18-12)14-5-8-20(11-14)15(22)6-9-21-13(2)4-7-17-21/h4,7,10,14H,5-6,8-9,11H2,1-3H3/t14-/m0/s1. The largest absolute Gasteiger partial charge is 0.342 e. The van der Waals surface area contributed by atoms with E-state index in [1.54, 1.807) is 6.20 Å². The van der Waals surface area contributed by atoms with Crippen molar-refractivity contribution in [1.82, 2.24) is 24.2 Å². The molecule has 1 fully saturated rings. The van der Waals surface area contributed by atoms with E-state index in [-0.39, 0.29) is 5.91 Å². The van der Waals surface area contributed by atoms with Crippen LogP contribution in [0.5, 0.6) is 0 Å². The first kappa shape index (κ1) is 14.8. The maximum atomic E-state index is 12.4. The number of aromatic nitrogens is 4. The maximum Gasteiger partial charge on any atom is 0.224 e. The molecule has 0 saturated carbocycles. The molecule has 0 unspecified atom stereocenters. The number of likely N-dealkylation sites (tertiary alicyclic amines) is 1. The molecule has 2 aromatic heterocycles. The highest BCUT2D eigenvalue weighted by atomic mass is 16.2. The van der Waals surface area contributed by atoms with Crippen molar-refractivity contribution in [2.24, 2.45) is 7.05 Å². The highest BCUT2D eigenvalue weighted by Crippen LogP contribution is 2.26. The number of nitrogens with zero attached hydrogens (tertiary/aromatic N) is 5. The SMILES string of the molecule is Cc1cn(C)c([C@H]2CCN(C(=O)CCn3nccc3C)C2)n1. The molecule has 1 atom stereocenters. The number of rotatable bonds is 4. The summed E-state index contributed by atoms with van der Waals surface area (Å²) in [6, 6.07) is 1.96. The van der Waals surface area contributed by atoms with Gasteiger partial charge < -0.3 is 9.47 Å². The summed E-state index contributed by atoms with van der Waals surface area (Å²) in [7, 11) is 2.03. The molecule has 6 nitrogen and oxygen atoms in total. The highest BCUT2D eigenvalue weighted by molar-refractivity contribution is 5.76. The fourth-order valence-electron chi connectivity index (χ4n) is 3.20. The van der Waals surface area contributed by atoms with Gasteiger partial charge in [-0.3, -0.25) is 9.48 Å². The molecular weight excluding hydrogens is 278 g/mol. The number of carbonyl (C=O) groups excluding carboxylic acids is 1. The predicted octanol–water partition coefficient (Wildman–Crippen LogP) is 1.64. The molecule has 1 aliphatic rings. The number of carbonyl (C=O) groups is 1. The second-order valence-corrected chi connectivity index (χ2v) is 6.12. The van der Waals surface area contributed by atoms with E-state index in [0.717, 1.165) is 36.7 Å². The zero-order chi connectivity index (χ0) is 15.7. The van der Waals surface area contributed by atoms with Gasteiger partial charge in [0.25, 0.3) is 0 Å². The highest BCUT2D eigenvalue weighted by Gasteiger charge is 2.29. The first-order valence-corrected chi connectivity index (χ1v) is 7.80. The van der Waals surface area contributed by atoms with E-state index >= 15 is 0 Å². The molecule has 6 heteroatoms. The third-order valence-electron chi connectivity index (χ3n) is 4.41. The molecular formula is C16H23N5O. The van der Waals surface area contributed by atoms with Crippen LogP contribution in [0.3, 0.4) is 0 Å². The molecule has 0 spiro atoms. The second kappa shape index (κ2) is 5.94. The first-order valence-electron chi connectivity index (χ1n) is 7.80. The summed E-state index contributed by atoms with van der Waals surface area (Å²) >= 11 is 0. The number of hydrogen-bond acceptors (Lipinski definition) is 3. The van der Waals surface area contributed by atoms with Crippen molar-refractivity contribution in [1.29, 1.82) is 0 Å². The van der Waals surface area contributed by atoms with Gasteiger partial charge >= 0.3 is 0 Å². The topological polar surface area (TPSA) is 56.0 Å². The molecule has 0 N–H and O–H groups in total. The van der Waals surface area contributed by atoms with Crippen molar-refractivity contribution >= 4 is 5.91 Å². The Bertz CT molecular complexity index is 672. The van der Waals surface area contributed by atoms with Gasteiger partial charge in [0.15, 0.2) is 0 Å². The molecule has 1 amide bonds. The van der Waals surface area contributed by atoms with E-state index in [2.05, 4.69) is 14.6 Å². The van der Waals surface area contributed by atoms with Gasteiger partial charge in [-0.05, 0) is 26.3 Å². The van der Waals surface area contributed by atoms with Crippen LogP contribution in [-0.2, 0) is 18.4 Å². The van der Waals surface area contributed by atoms with Crippen LogP contribution in [0.1, 0.15) is 36.0 Å². The molecule has 3 rings (SSSR count). The third kappa shape index (κ3) is 2.91. The van der Waals surface area contributed by atoms with Crippen LogP contribution < -0.4 is 0 Å². The van der Waals surface area contributed by atoms with E-state index in [4.69, 9.17) is 0 Å². The molecule has 0 radical (unpaired) electrons. The summed E-state index contributed by atoms with van der Waals surface area (Å²) < 4.78 is 3.97. The average molecular weight is 301 g/mol. The Balaban J connectivity index is 1.57. The van der Waals surface area contributed by atoms with Crippen LogP contribution in [0.2, 0.25) is 0 Å². The van der Waals surface area contributed by atoms with E-state index < -0.39 is 0 Å². The fraction of sp³-hybridized carbons (Fsp3) is 0.562. The smallest absolute Gasteiger partial charge is 0.224 e. The quantitative estimate of drug-likeness (QED) is 0.862. The zero-order valence-corrected chi connectivity index (χ0v) is 13.5. The van der Waals surface area contributed by atoms with Crippen molar-refractivity contribution in [2.45, 2.75) is 39.2 Å². The average Bonchev–Trinajstić information content (AvgIpc) is 3.17. The Morgan fingerprint density at radius 3 is 2.86 bits per heavy atom. The summed E-state index contributed by atoms with van der Waals surface area (Å²) in [5.41, 5.74) is 2.13. The molecule has 1 saturated heterocycles. The fourth-order valence-corrected chi connectivity index (χ4v) is 3.20. The second-order valence-electron chi connectivity index (χ2n) is 6.12. The van der Waals surface area contributed by atoms with Gasteiger partial charge in [0.05, 0.1) is 5.69 Å². The molecule has 2 aromatic rings. The lowest BCUT2D eigenvalue weighted by molar-refractivity contribution is -0.130. The minimum Gasteiger partial charge on any atom is -0.342 e. The van der Waals surface area contributed by atoms with Crippen molar-refractivity contribution in [3.05, 3.63) is 35.7 Å². The molecule has 0 bridgehead atoms. The number of amides is 1. The number of hydrogen-bond donors (Lipinski definition) is 0. The Hall–Kier alpha value is -2.11. The predicted molar refractivity (Wildman–Crippen MR) is 83.5 cm³/mol. The van der Waals surface area contributed by atoms with Gasteiger partial charge in [-0.15, -0.1) is 0 Å². The Morgan fingerprint density at radius 1 is 1.41 bits per heavy atom. The van der Waals surface area contributed by atoms with E-state index in [1.807, 2.05) is 42.7 Å². The lowest BCUT2D eigenvalue weighted by Crippen LogP contribution is -2.29. The molecule has 3 heterocycles. The van der Waals surface area contributed by atoms with Gasteiger partial charge in [0.2, 0.25) is 5.91 Å². The summed E-state index contributed by atoms with van der Waals surface area (Å²) in [6.45, 7) is 6.27. The number of imidazole rings is 1. The molecule has 22 heavy (non-hydrogen) atoms. The van der Waals surface area contributed by atoms with Crippen LogP contribution in [-0.4, -0.2) is 43.2 Å². The van der Waals surface area contributed by atoms with E-state index in [0.29, 0.717) is 18.9 Å². The van der Waals surface area contributed by atoms with Gasteiger partial charge in [-0.2, -0.15) is 5.10 Å². The minimum absolute atomic E-state index is 0.211. The monoisotopic (exact) mass is 301 g/mol. The van der Waals surface area contributed by atoms with Crippen molar-refractivity contribution in [2.75, 3.05) is 13.1 Å². The van der Waals surface area contributed by atoms with E-state index in [1.165, 1.54) is 0 Å². The Morgan fingerprint density at radius 2 is 2.23 bits per heavy atom. The minimum atomic E-state index is 0.211. The number of aryl methyl sites for hydroxylation is 4. The molecule has 0 aromatic carbocycles. The summed E-state index contributed by atoms with van der Waals surface area (Å²) in [5.74, 6) is 1.66. The van der Waals surface area contributed by atoms with Crippen molar-refractivity contribution in [3.8, 4) is 0 Å². The van der Waals surface area contributed by atoms with Crippen molar-refractivity contribution < 1.29 is 4.79 Å². The normalized spacial score (nSPS) is 18.1. The summed E-state index contributed by atoms with van der Waals surface area (Å²) in [4.78, 5) is 18.9.